The Morgan fingerprint density at radius 2 is 2.38 bits per heavy atom. The molecule has 0 atom stereocenters. The number of thiocarbonyl (C=S) groups is 1. The fourth-order valence-electron chi connectivity index (χ4n) is 0.690. The van der Waals surface area contributed by atoms with Crippen molar-refractivity contribution < 1.29 is 0 Å². The molecule has 0 fully saturated rings. The average Bonchev–Trinajstić information content (AvgIpc) is 2.12. The maximum Gasteiger partial charge on any atom is 0.0743 e. The van der Waals surface area contributed by atoms with Crippen LogP contribution in [0.25, 0.3) is 0 Å². The molecule has 0 N–H and O–H groups in total. The van der Waals surface area contributed by atoms with Crippen molar-refractivity contribution in [2.75, 3.05) is 0 Å². The third-order valence-electron chi connectivity index (χ3n) is 1.33. The Morgan fingerprint density at radius 3 is 3.00 bits per heavy atom. The van der Waals surface area contributed by atoms with Crippen LogP contribution in [0.1, 0.15) is 11.3 Å². The topological polar surface area (TPSA) is 25.2 Å². The number of aryl methyl sites for hydroxylation is 1. The molecule has 0 spiro atoms. The van der Waals surface area contributed by atoms with Gasteiger partial charge in [-0.25, -0.2) is 0 Å². The van der Waals surface area contributed by atoms with Crippen LogP contribution in [0.15, 0.2) is 17.3 Å². The lowest BCUT2D eigenvalue weighted by Gasteiger charge is -1.95. The van der Waals surface area contributed by atoms with Gasteiger partial charge in [-0.15, -0.1) is 4.99 Å². The second-order valence-electron chi connectivity index (χ2n) is 2.23. The van der Waals surface area contributed by atoms with Gasteiger partial charge >= 0.3 is 0 Å². The van der Waals surface area contributed by atoms with Gasteiger partial charge in [-0.3, -0.25) is 4.98 Å². The molecule has 1 aromatic rings. The van der Waals surface area contributed by atoms with Gasteiger partial charge in [-0.2, -0.15) is 0 Å². The molecule has 1 heterocycles. The first-order valence-corrected chi connectivity index (χ1v) is 4.22. The first-order valence-electron chi connectivity index (χ1n) is 3.44. The van der Waals surface area contributed by atoms with Crippen LogP contribution in [0.4, 0.5) is 0 Å². The van der Waals surface area contributed by atoms with Crippen molar-refractivity contribution in [1.82, 2.24) is 4.98 Å². The molecule has 64 valence electrons. The number of rotatable bonds is 0. The largest absolute Gasteiger partial charge is 0.259 e. The standard InChI is InChI=1S/C9H5ClN2S/c1-7-9(10)4-8(5-12-7)2-3-11-6-13/h4-5H,1H3. The Balaban J connectivity index is 3.00. The number of hydrogen-bond acceptors (Lipinski definition) is 3. The van der Waals surface area contributed by atoms with E-state index in [1.54, 1.807) is 12.3 Å². The average molecular weight is 209 g/mol. The smallest absolute Gasteiger partial charge is 0.0743 e. The highest BCUT2D eigenvalue weighted by atomic mass is 35.5. The van der Waals surface area contributed by atoms with E-state index in [0.717, 1.165) is 5.69 Å². The Bertz CT molecular complexity index is 425. The first-order chi connectivity index (χ1) is 6.24. The molecular formula is C9H5ClN2S. The minimum absolute atomic E-state index is 0.595. The normalized spacial score (nSPS) is 8.15. The number of nitrogens with zero attached hydrogens (tertiary/aromatic N) is 2. The Labute approximate surface area is 86.7 Å². The molecule has 0 radical (unpaired) electrons. The van der Waals surface area contributed by atoms with Crippen molar-refractivity contribution in [3.05, 3.63) is 28.5 Å². The second-order valence-corrected chi connectivity index (χ2v) is 2.82. The molecule has 0 aliphatic carbocycles. The van der Waals surface area contributed by atoms with Crippen molar-refractivity contribution in [3.8, 4) is 12.0 Å². The summed E-state index contributed by atoms with van der Waals surface area (Å²) in [6.45, 7) is 1.83. The van der Waals surface area contributed by atoms with Gasteiger partial charge in [-0.1, -0.05) is 11.6 Å². The van der Waals surface area contributed by atoms with Crippen LogP contribution >= 0.6 is 23.8 Å². The molecule has 1 rings (SSSR count). The lowest BCUT2D eigenvalue weighted by Crippen LogP contribution is -1.83. The highest BCUT2D eigenvalue weighted by molar-refractivity contribution is 7.78. The van der Waals surface area contributed by atoms with E-state index in [-0.39, 0.29) is 0 Å². The van der Waals surface area contributed by atoms with Crippen LogP contribution in [-0.4, -0.2) is 10.1 Å². The molecule has 0 aliphatic rings. The maximum absolute atomic E-state index is 5.83. The Morgan fingerprint density at radius 1 is 1.62 bits per heavy atom. The lowest BCUT2D eigenvalue weighted by molar-refractivity contribution is 1.19. The minimum Gasteiger partial charge on any atom is -0.259 e. The van der Waals surface area contributed by atoms with Crippen LogP contribution < -0.4 is 0 Å². The van der Waals surface area contributed by atoms with Crippen LogP contribution in [0.5, 0.6) is 0 Å². The SMILES string of the molecule is Cc1ncc(C#CN=C=S)cc1Cl. The van der Waals surface area contributed by atoms with Gasteiger partial charge in [0.2, 0.25) is 0 Å². The van der Waals surface area contributed by atoms with Crippen LogP contribution in [0, 0.1) is 18.9 Å². The highest BCUT2D eigenvalue weighted by Gasteiger charge is 1.95. The molecule has 1 aromatic heterocycles. The molecule has 0 bridgehead atoms. The van der Waals surface area contributed by atoms with Gasteiger partial charge < -0.3 is 0 Å². The summed E-state index contributed by atoms with van der Waals surface area (Å²) in [6.07, 6.45) is 1.63. The summed E-state index contributed by atoms with van der Waals surface area (Å²) in [5.74, 6) is 2.72. The van der Waals surface area contributed by atoms with E-state index >= 15 is 0 Å². The van der Waals surface area contributed by atoms with Crippen LogP contribution in [-0.2, 0) is 0 Å². The third-order valence-corrected chi connectivity index (χ3v) is 1.80. The Kier molecular flexibility index (Phi) is 3.60. The number of aliphatic imine (C=N–C) groups is 1. The van der Waals surface area contributed by atoms with Crippen molar-refractivity contribution in [2.45, 2.75) is 6.92 Å². The molecule has 0 aromatic carbocycles. The zero-order valence-corrected chi connectivity index (χ0v) is 8.41. The lowest BCUT2D eigenvalue weighted by atomic mass is 10.2. The summed E-state index contributed by atoms with van der Waals surface area (Å²) >= 11 is 10.2. The van der Waals surface area contributed by atoms with Gasteiger partial charge in [0.25, 0.3) is 0 Å². The number of isothiocyanates is 1. The number of hydrogen-bond donors (Lipinski definition) is 0. The minimum atomic E-state index is 0.595. The summed E-state index contributed by atoms with van der Waals surface area (Å²) < 4.78 is 0. The summed E-state index contributed by atoms with van der Waals surface area (Å²) in [5, 5.41) is 2.74. The quantitative estimate of drug-likeness (QED) is 0.372. The van der Waals surface area contributed by atoms with Crippen molar-refractivity contribution in [1.29, 1.82) is 0 Å². The van der Waals surface area contributed by atoms with E-state index in [4.69, 9.17) is 11.6 Å². The summed E-state index contributed by atoms with van der Waals surface area (Å²) in [7, 11) is 0. The third kappa shape index (κ3) is 2.96. The van der Waals surface area contributed by atoms with Gasteiger partial charge in [0.05, 0.1) is 21.9 Å². The number of pyridine rings is 1. The fourth-order valence-corrected chi connectivity index (χ4v) is 0.902. The van der Waals surface area contributed by atoms with Gasteiger partial charge in [0, 0.05) is 11.8 Å². The van der Waals surface area contributed by atoms with Crippen molar-refractivity contribution >= 4 is 29.0 Å². The van der Waals surface area contributed by atoms with E-state index < -0.39 is 0 Å². The maximum atomic E-state index is 5.83. The molecule has 13 heavy (non-hydrogen) atoms. The van der Waals surface area contributed by atoms with E-state index in [1.165, 1.54) is 0 Å². The first kappa shape index (κ1) is 9.88. The van der Waals surface area contributed by atoms with Crippen molar-refractivity contribution in [3.63, 3.8) is 0 Å². The monoisotopic (exact) mass is 208 g/mol. The zero-order valence-electron chi connectivity index (χ0n) is 6.84. The fraction of sp³-hybridized carbons (Fsp3) is 0.111. The number of aromatic nitrogens is 1. The van der Waals surface area contributed by atoms with Gasteiger partial charge in [-0.05, 0) is 31.1 Å². The molecule has 0 aliphatic heterocycles. The van der Waals surface area contributed by atoms with Gasteiger partial charge in [0.15, 0.2) is 0 Å². The van der Waals surface area contributed by atoms with Crippen LogP contribution in [0.3, 0.4) is 0 Å². The van der Waals surface area contributed by atoms with E-state index in [1.807, 2.05) is 6.92 Å². The molecule has 0 unspecified atom stereocenters. The van der Waals surface area contributed by atoms with Crippen molar-refractivity contribution in [2.24, 2.45) is 4.99 Å². The number of halogens is 1. The summed E-state index contributed by atoms with van der Waals surface area (Å²) in [5.41, 5.74) is 1.50. The molecule has 0 saturated carbocycles. The summed E-state index contributed by atoms with van der Waals surface area (Å²) in [4.78, 5) is 7.49. The van der Waals surface area contributed by atoms with E-state index in [9.17, 15) is 0 Å². The molecule has 0 saturated heterocycles. The molecule has 0 amide bonds. The highest BCUT2D eigenvalue weighted by Crippen LogP contribution is 2.12. The Hall–Kier alpha value is -1.20. The molecule has 4 heteroatoms. The predicted octanol–water partition coefficient (Wildman–Crippen LogP) is 2.46. The molecule has 2 nitrogen and oxygen atoms in total. The molecular weight excluding hydrogens is 204 g/mol. The van der Waals surface area contributed by atoms with Gasteiger partial charge in [0.1, 0.15) is 0 Å². The second kappa shape index (κ2) is 4.74. The van der Waals surface area contributed by atoms with Crippen LogP contribution in [0.2, 0.25) is 5.02 Å². The van der Waals surface area contributed by atoms with E-state index in [0.29, 0.717) is 10.6 Å². The summed E-state index contributed by atoms with van der Waals surface area (Å²) in [6, 6.07) is 4.19. The zero-order chi connectivity index (χ0) is 9.68. The van der Waals surface area contributed by atoms with E-state index in [2.05, 4.69) is 39.3 Å². The predicted molar refractivity (Wildman–Crippen MR) is 55.9 cm³/mol.